The van der Waals surface area contributed by atoms with Gasteiger partial charge in [-0.1, -0.05) is 6.42 Å². The number of fused-ring (bicyclic) bond motifs is 1. The molecule has 144 valence electrons. The highest BCUT2D eigenvalue weighted by molar-refractivity contribution is 8.00. The molecule has 5 atom stereocenters. The molecule has 0 bridgehead atoms. The summed E-state index contributed by atoms with van der Waals surface area (Å²) in [5.74, 6) is 1.13. The summed E-state index contributed by atoms with van der Waals surface area (Å²) in [5.41, 5.74) is 11.6. The molecule has 0 aromatic rings. The molecule has 0 spiro atoms. The normalized spacial score (nSPS) is 27.5. The topological polar surface area (TPSA) is 122 Å². The minimum absolute atomic E-state index is 0.0461. The number of amides is 2. The van der Waals surface area contributed by atoms with Gasteiger partial charge >= 0.3 is 6.03 Å². The second-order valence-electron chi connectivity index (χ2n) is 7.09. The molecule has 0 aromatic carbocycles. The molecule has 0 aliphatic carbocycles. The highest BCUT2D eigenvalue weighted by Crippen LogP contribution is 2.33. The smallest absolute Gasteiger partial charge is 0.315 e. The minimum atomic E-state index is -0.390. The van der Waals surface area contributed by atoms with Gasteiger partial charge in [0.05, 0.1) is 18.1 Å². The number of urea groups is 1. The number of nitrogens with one attached hydrogen (secondary N) is 3. The zero-order valence-corrected chi connectivity index (χ0v) is 15.9. The molecule has 2 rings (SSSR count). The van der Waals surface area contributed by atoms with Crippen LogP contribution in [0.15, 0.2) is 0 Å². The van der Waals surface area contributed by atoms with Crippen LogP contribution in [0, 0.1) is 0 Å². The first kappa shape index (κ1) is 20.5. The largest absolute Gasteiger partial charge is 0.332 e. The number of Topliss-reactive ketones (excluding diaryl/α,β-unsaturated/α-hetero) is 1. The van der Waals surface area contributed by atoms with E-state index >= 15 is 0 Å². The van der Waals surface area contributed by atoms with Gasteiger partial charge in [0.1, 0.15) is 5.78 Å². The average Bonchev–Trinajstić information content (AvgIpc) is 3.14. The Morgan fingerprint density at radius 3 is 2.88 bits per heavy atom. The molecule has 2 aliphatic rings. The SMILES string of the molecule is CNC(CCCN)CC(N)C(=O)CCCC[C@@H]1SC[C@@H]2NC(=O)N[C@@H]21. The van der Waals surface area contributed by atoms with Crippen LogP contribution in [0.3, 0.4) is 0 Å². The molecule has 7 nitrogen and oxygen atoms in total. The van der Waals surface area contributed by atoms with E-state index in [-0.39, 0.29) is 29.9 Å². The van der Waals surface area contributed by atoms with E-state index in [1.165, 1.54) is 0 Å². The van der Waals surface area contributed by atoms with Crippen molar-refractivity contribution in [3.05, 3.63) is 0 Å². The van der Waals surface area contributed by atoms with Gasteiger partial charge in [-0.15, -0.1) is 0 Å². The summed E-state index contributed by atoms with van der Waals surface area (Å²) in [4.78, 5) is 23.6. The van der Waals surface area contributed by atoms with Gasteiger partial charge in [-0.3, -0.25) is 4.79 Å². The van der Waals surface area contributed by atoms with Crippen LogP contribution in [0.5, 0.6) is 0 Å². The van der Waals surface area contributed by atoms with Crippen LogP contribution in [0.2, 0.25) is 0 Å². The molecule has 8 heteroatoms. The van der Waals surface area contributed by atoms with E-state index in [0.29, 0.717) is 24.6 Å². The molecule has 25 heavy (non-hydrogen) atoms. The van der Waals surface area contributed by atoms with E-state index in [9.17, 15) is 9.59 Å². The minimum Gasteiger partial charge on any atom is -0.332 e. The van der Waals surface area contributed by atoms with Gasteiger partial charge in [0.15, 0.2) is 0 Å². The van der Waals surface area contributed by atoms with E-state index in [1.54, 1.807) is 0 Å². The molecule has 0 radical (unpaired) electrons. The quantitative estimate of drug-likeness (QED) is 0.249. The van der Waals surface area contributed by atoms with Crippen molar-refractivity contribution in [2.75, 3.05) is 19.3 Å². The van der Waals surface area contributed by atoms with Crippen LogP contribution in [0.25, 0.3) is 0 Å². The van der Waals surface area contributed by atoms with Crippen molar-refractivity contribution in [2.45, 2.75) is 74.4 Å². The number of thioether (sulfide) groups is 1. The van der Waals surface area contributed by atoms with E-state index < -0.39 is 6.04 Å². The Balaban J connectivity index is 1.60. The summed E-state index contributed by atoms with van der Waals surface area (Å²) in [5, 5.41) is 9.63. The predicted molar refractivity (Wildman–Crippen MR) is 103 cm³/mol. The Labute approximate surface area is 154 Å². The molecule has 2 heterocycles. The van der Waals surface area contributed by atoms with Crippen LogP contribution < -0.4 is 27.4 Å². The first-order valence-corrected chi connectivity index (χ1v) is 10.4. The molecule has 2 saturated heterocycles. The Bertz CT molecular complexity index is 451. The third kappa shape index (κ3) is 6.13. The molecule has 2 amide bonds. The fraction of sp³-hybridized carbons (Fsp3) is 0.882. The fourth-order valence-electron chi connectivity index (χ4n) is 3.66. The summed E-state index contributed by atoms with van der Waals surface area (Å²) < 4.78 is 0. The van der Waals surface area contributed by atoms with E-state index in [4.69, 9.17) is 11.5 Å². The van der Waals surface area contributed by atoms with Crippen molar-refractivity contribution in [3.63, 3.8) is 0 Å². The van der Waals surface area contributed by atoms with Crippen LogP contribution in [-0.4, -0.2) is 60.6 Å². The van der Waals surface area contributed by atoms with Gasteiger partial charge in [-0.2, -0.15) is 11.8 Å². The summed E-state index contributed by atoms with van der Waals surface area (Å²) >= 11 is 1.92. The van der Waals surface area contributed by atoms with Gasteiger partial charge in [0.2, 0.25) is 0 Å². The Hall–Kier alpha value is -0.830. The first-order valence-electron chi connectivity index (χ1n) is 9.39. The number of ketones is 1. The molecule has 2 fully saturated rings. The second kappa shape index (κ2) is 10.4. The third-order valence-corrected chi connectivity index (χ3v) is 6.73. The number of nitrogens with two attached hydrogens (primary N) is 2. The zero-order chi connectivity index (χ0) is 18.2. The lowest BCUT2D eigenvalue weighted by molar-refractivity contribution is -0.120. The Morgan fingerprint density at radius 1 is 1.36 bits per heavy atom. The highest BCUT2D eigenvalue weighted by atomic mass is 32.2. The lowest BCUT2D eigenvalue weighted by atomic mass is 9.96. The van der Waals surface area contributed by atoms with Crippen molar-refractivity contribution in [2.24, 2.45) is 11.5 Å². The van der Waals surface area contributed by atoms with E-state index in [1.807, 2.05) is 18.8 Å². The lowest BCUT2D eigenvalue weighted by Crippen LogP contribution is -2.39. The monoisotopic (exact) mass is 371 g/mol. The maximum atomic E-state index is 12.2. The van der Waals surface area contributed by atoms with Gasteiger partial charge in [0.25, 0.3) is 0 Å². The molecule has 7 N–H and O–H groups in total. The summed E-state index contributed by atoms with van der Waals surface area (Å²) in [6.07, 6.45) is 6.02. The summed E-state index contributed by atoms with van der Waals surface area (Å²) in [7, 11) is 1.90. The van der Waals surface area contributed by atoms with Crippen molar-refractivity contribution in [1.29, 1.82) is 0 Å². The molecule has 0 aromatic heterocycles. The standard InChI is InChI=1S/C17H33N5O2S/c1-20-11(5-4-8-18)9-12(19)14(23)6-2-3-7-15-16-13(10-25-15)21-17(24)22-16/h11-13,15-16,20H,2-10,18-19H2,1H3,(H2,21,22,24)/t11?,12?,13-,15-,16-/m0/s1. The molecular weight excluding hydrogens is 338 g/mol. The van der Waals surface area contributed by atoms with Crippen LogP contribution in [0.4, 0.5) is 4.79 Å². The molecule has 0 saturated carbocycles. The second-order valence-corrected chi connectivity index (χ2v) is 8.36. The van der Waals surface area contributed by atoms with Gasteiger partial charge in [-0.25, -0.2) is 4.79 Å². The van der Waals surface area contributed by atoms with Crippen molar-refractivity contribution in [1.82, 2.24) is 16.0 Å². The van der Waals surface area contributed by atoms with Crippen LogP contribution in [0.1, 0.15) is 44.9 Å². The summed E-state index contributed by atoms with van der Waals surface area (Å²) in [6.45, 7) is 0.665. The number of hydrogen-bond acceptors (Lipinski definition) is 6. The van der Waals surface area contributed by atoms with E-state index in [0.717, 1.165) is 37.9 Å². The summed E-state index contributed by atoms with van der Waals surface area (Å²) in [6, 6.07) is 0.334. The van der Waals surface area contributed by atoms with Gasteiger partial charge < -0.3 is 27.4 Å². The van der Waals surface area contributed by atoms with E-state index in [2.05, 4.69) is 16.0 Å². The fourth-order valence-corrected chi connectivity index (χ4v) is 5.20. The number of carbonyl (C=O) groups excluding carboxylic acids is 2. The third-order valence-electron chi connectivity index (χ3n) is 5.22. The molecular formula is C17H33N5O2S. The maximum absolute atomic E-state index is 12.2. The van der Waals surface area contributed by atoms with Crippen LogP contribution >= 0.6 is 11.8 Å². The van der Waals surface area contributed by atoms with Gasteiger partial charge in [0, 0.05) is 23.5 Å². The highest BCUT2D eigenvalue weighted by Gasteiger charge is 2.42. The van der Waals surface area contributed by atoms with Crippen LogP contribution in [-0.2, 0) is 4.79 Å². The van der Waals surface area contributed by atoms with Crippen molar-refractivity contribution >= 4 is 23.6 Å². The number of rotatable bonds is 12. The number of hydrogen-bond donors (Lipinski definition) is 5. The lowest BCUT2D eigenvalue weighted by Gasteiger charge is -2.20. The van der Waals surface area contributed by atoms with Gasteiger partial charge in [-0.05, 0) is 45.7 Å². The average molecular weight is 372 g/mol. The van der Waals surface area contributed by atoms with Crippen molar-refractivity contribution < 1.29 is 9.59 Å². The zero-order valence-electron chi connectivity index (χ0n) is 15.1. The number of carbonyl (C=O) groups is 2. The van der Waals surface area contributed by atoms with Crippen molar-refractivity contribution in [3.8, 4) is 0 Å². The predicted octanol–water partition coefficient (Wildman–Crippen LogP) is 0.326. The molecule has 2 aliphatic heterocycles. The number of unbranched alkanes of at least 4 members (excludes halogenated alkanes) is 1. The maximum Gasteiger partial charge on any atom is 0.315 e. The first-order chi connectivity index (χ1) is 12.0. The Morgan fingerprint density at radius 2 is 2.16 bits per heavy atom. The molecule has 2 unspecified atom stereocenters. The Kier molecular flexibility index (Phi) is 8.48.